The molecule has 0 aliphatic rings. The number of nitrogens with one attached hydrogen (secondary N) is 1. The average molecular weight is 124 g/mol. The molecule has 0 aromatic heterocycles. The van der Waals surface area contributed by atoms with Gasteiger partial charge in [-0.1, -0.05) is 0 Å². The maximum atomic E-state index is 10.3. The van der Waals surface area contributed by atoms with E-state index < -0.39 is 0 Å². The number of carbonyl (C=O) groups is 1. The van der Waals surface area contributed by atoms with Crippen LogP contribution in [0.1, 0.15) is 13.8 Å². The van der Waals surface area contributed by atoms with Crippen LogP contribution in [0.5, 0.6) is 0 Å². The molecule has 0 saturated carbocycles. The summed E-state index contributed by atoms with van der Waals surface area (Å²) in [6.45, 7) is 3.09. The van der Waals surface area contributed by atoms with E-state index in [0.717, 1.165) is 0 Å². The Kier molecular flexibility index (Phi) is 3.14. The van der Waals surface area contributed by atoms with E-state index in [9.17, 15) is 4.79 Å². The van der Waals surface area contributed by atoms with Gasteiger partial charge in [0, 0.05) is 11.8 Å². The lowest BCUT2D eigenvalue weighted by Gasteiger charge is -1.90. The minimum Gasteiger partial charge on any atom is -0.297 e. The van der Waals surface area contributed by atoms with Gasteiger partial charge < -0.3 is 0 Å². The summed E-state index contributed by atoms with van der Waals surface area (Å²) in [6, 6.07) is 0. The molecule has 9 heavy (non-hydrogen) atoms. The molecule has 0 atom stereocenters. The van der Waals surface area contributed by atoms with Crippen LogP contribution in [0.25, 0.3) is 0 Å². The second-order valence-electron chi connectivity index (χ2n) is 1.67. The van der Waals surface area contributed by atoms with Crippen molar-refractivity contribution >= 4 is 5.78 Å². The third kappa shape index (κ3) is 4.56. The van der Waals surface area contributed by atoms with Crippen molar-refractivity contribution < 1.29 is 4.79 Å². The van der Waals surface area contributed by atoms with Gasteiger partial charge >= 0.3 is 0 Å². The molecule has 0 radical (unpaired) electrons. The van der Waals surface area contributed by atoms with Crippen LogP contribution < -0.4 is 5.32 Å². The Hall–Kier alpha value is -1.30. The van der Waals surface area contributed by atoms with E-state index in [1.807, 2.05) is 0 Å². The molecule has 0 rings (SSSR count). The van der Waals surface area contributed by atoms with Gasteiger partial charge in [0.2, 0.25) is 0 Å². The summed E-state index contributed by atoms with van der Waals surface area (Å²) in [7, 11) is 0. The van der Waals surface area contributed by atoms with Gasteiger partial charge in [0.05, 0.1) is 0 Å². The van der Waals surface area contributed by atoms with Crippen molar-refractivity contribution in [3.8, 4) is 6.19 Å². The molecule has 1 N–H and O–H groups in total. The minimum atomic E-state index is -0.0600. The SMILES string of the molecule is CC(=O)/C=C(/C)NC#N. The molecule has 0 amide bonds. The number of hydrogen-bond acceptors (Lipinski definition) is 3. The predicted octanol–water partition coefficient (Wildman–Crippen LogP) is 0.550. The lowest BCUT2D eigenvalue weighted by molar-refractivity contribution is -0.112. The first-order valence-electron chi connectivity index (χ1n) is 2.51. The second kappa shape index (κ2) is 3.67. The van der Waals surface area contributed by atoms with Crippen LogP contribution in [0, 0.1) is 11.5 Å². The molecule has 0 aromatic rings. The smallest absolute Gasteiger partial charge is 0.181 e. The minimum absolute atomic E-state index is 0.0600. The molecule has 0 spiro atoms. The molecule has 0 saturated heterocycles. The Bertz CT molecular complexity index is 176. The van der Waals surface area contributed by atoms with Crippen LogP contribution in [0.3, 0.4) is 0 Å². The molecule has 0 fully saturated rings. The maximum absolute atomic E-state index is 10.3. The molecule has 0 aliphatic carbocycles. The Morgan fingerprint density at radius 1 is 1.67 bits per heavy atom. The lowest BCUT2D eigenvalue weighted by Crippen LogP contribution is -2.02. The molecule has 0 unspecified atom stereocenters. The number of nitriles is 1. The first kappa shape index (κ1) is 7.70. The molecule has 3 heteroatoms. The zero-order valence-electron chi connectivity index (χ0n) is 5.43. The van der Waals surface area contributed by atoms with E-state index in [-0.39, 0.29) is 5.78 Å². The van der Waals surface area contributed by atoms with E-state index >= 15 is 0 Å². The van der Waals surface area contributed by atoms with Gasteiger partial charge in [0.1, 0.15) is 0 Å². The number of hydrogen-bond donors (Lipinski definition) is 1. The highest BCUT2D eigenvalue weighted by Gasteiger charge is 1.86. The molecule has 0 heterocycles. The fourth-order valence-corrected chi connectivity index (χ4v) is 0.429. The van der Waals surface area contributed by atoms with Crippen LogP contribution in [0.2, 0.25) is 0 Å². The van der Waals surface area contributed by atoms with Gasteiger partial charge in [-0.3, -0.25) is 10.1 Å². The quantitative estimate of drug-likeness (QED) is 0.332. The fourth-order valence-electron chi connectivity index (χ4n) is 0.429. The van der Waals surface area contributed by atoms with Gasteiger partial charge in [0.15, 0.2) is 12.0 Å². The summed E-state index contributed by atoms with van der Waals surface area (Å²) in [5.74, 6) is -0.0600. The summed E-state index contributed by atoms with van der Waals surface area (Å²) in [5.41, 5.74) is 0.574. The van der Waals surface area contributed by atoms with Crippen LogP contribution in [0.4, 0.5) is 0 Å². The van der Waals surface area contributed by atoms with Crippen molar-refractivity contribution in [2.75, 3.05) is 0 Å². The molecule has 48 valence electrons. The Morgan fingerprint density at radius 3 is 2.56 bits per heavy atom. The molecule has 0 aromatic carbocycles. The molecule has 0 bridgehead atoms. The van der Waals surface area contributed by atoms with Crippen LogP contribution in [-0.4, -0.2) is 5.78 Å². The largest absolute Gasteiger partial charge is 0.297 e. The zero-order chi connectivity index (χ0) is 7.28. The first-order valence-corrected chi connectivity index (χ1v) is 2.51. The zero-order valence-corrected chi connectivity index (χ0v) is 5.43. The Labute approximate surface area is 54.0 Å². The van der Waals surface area contributed by atoms with Crippen LogP contribution in [-0.2, 0) is 4.79 Å². The first-order chi connectivity index (χ1) is 4.16. The number of nitrogens with zero attached hydrogens (tertiary/aromatic N) is 1. The van der Waals surface area contributed by atoms with Crippen molar-refractivity contribution in [3.05, 3.63) is 11.8 Å². The van der Waals surface area contributed by atoms with Crippen LogP contribution >= 0.6 is 0 Å². The molecule has 0 aliphatic heterocycles. The van der Waals surface area contributed by atoms with Gasteiger partial charge in [-0.2, -0.15) is 5.26 Å². The van der Waals surface area contributed by atoms with Crippen molar-refractivity contribution in [2.45, 2.75) is 13.8 Å². The molecule has 3 nitrogen and oxygen atoms in total. The Balaban J connectivity index is 3.88. The van der Waals surface area contributed by atoms with E-state index in [1.165, 1.54) is 13.0 Å². The summed E-state index contributed by atoms with van der Waals surface area (Å²) < 4.78 is 0. The van der Waals surface area contributed by atoms with E-state index in [1.54, 1.807) is 13.1 Å². The van der Waals surface area contributed by atoms with Gasteiger partial charge in [-0.05, 0) is 13.8 Å². The number of ketones is 1. The highest BCUT2D eigenvalue weighted by molar-refractivity contribution is 5.87. The van der Waals surface area contributed by atoms with Crippen molar-refractivity contribution in [3.63, 3.8) is 0 Å². The summed E-state index contributed by atoms with van der Waals surface area (Å²) in [6.07, 6.45) is 3.07. The summed E-state index contributed by atoms with van der Waals surface area (Å²) in [4.78, 5) is 10.3. The highest BCUT2D eigenvalue weighted by atomic mass is 16.1. The summed E-state index contributed by atoms with van der Waals surface area (Å²) in [5, 5.41) is 10.4. The third-order valence-corrected chi connectivity index (χ3v) is 0.673. The fraction of sp³-hybridized carbons (Fsp3) is 0.333. The number of carbonyl (C=O) groups excluding carboxylic acids is 1. The van der Waals surface area contributed by atoms with Crippen molar-refractivity contribution in [1.82, 2.24) is 5.32 Å². The summed E-state index contributed by atoms with van der Waals surface area (Å²) >= 11 is 0. The third-order valence-electron chi connectivity index (χ3n) is 0.673. The lowest BCUT2D eigenvalue weighted by atomic mass is 10.3. The van der Waals surface area contributed by atoms with Gasteiger partial charge in [-0.25, -0.2) is 0 Å². The van der Waals surface area contributed by atoms with Crippen molar-refractivity contribution in [2.24, 2.45) is 0 Å². The topological polar surface area (TPSA) is 52.9 Å². The monoisotopic (exact) mass is 124 g/mol. The van der Waals surface area contributed by atoms with Gasteiger partial charge in [0.25, 0.3) is 0 Å². The maximum Gasteiger partial charge on any atom is 0.181 e. The molecular formula is C6H8N2O. The van der Waals surface area contributed by atoms with E-state index in [0.29, 0.717) is 5.70 Å². The highest BCUT2D eigenvalue weighted by Crippen LogP contribution is 1.83. The number of rotatable bonds is 2. The van der Waals surface area contributed by atoms with Crippen molar-refractivity contribution in [1.29, 1.82) is 5.26 Å². The van der Waals surface area contributed by atoms with Gasteiger partial charge in [-0.15, -0.1) is 0 Å². The Morgan fingerprint density at radius 2 is 2.22 bits per heavy atom. The number of allylic oxidation sites excluding steroid dienone is 2. The second-order valence-corrected chi connectivity index (χ2v) is 1.67. The standard InChI is InChI=1S/C6H8N2O/c1-5(8-4-7)3-6(2)9/h3,8H,1-2H3/b5-3-. The average Bonchev–Trinajstić information content (AvgIpc) is 1.63. The van der Waals surface area contributed by atoms with E-state index in [2.05, 4.69) is 5.32 Å². The normalized spacial score (nSPS) is 10.1. The van der Waals surface area contributed by atoms with E-state index in [4.69, 9.17) is 5.26 Å². The van der Waals surface area contributed by atoms with Crippen LogP contribution in [0.15, 0.2) is 11.8 Å². The predicted molar refractivity (Wildman–Crippen MR) is 33.2 cm³/mol. The molecular weight excluding hydrogens is 116 g/mol.